The number of hydrogen-bond acceptors (Lipinski definition) is 7. The maximum atomic E-state index is 12.9. The fraction of sp³-hybridized carbons (Fsp3) is 0.174. The Morgan fingerprint density at radius 2 is 1.85 bits per heavy atom. The van der Waals surface area contributed by atoms with Crippen molar-refractivity contribution >= 4 is 51.3 Å². The first kappa shape index (κ1) is 21.3. The molecule has 1 fully saturated rings. The molecule has 1 aliphatic rings. The first-order valence-electron chi connectivity index (χ1n) is 10.3. The van der Waals surface area contributed by atoms with E-state index in [1.54, 1.807) is 22.3 Å². The van der Waals surface area contributed by atoms with Gasteiger partial charge in [0.2, 0.25) is 0 Å². The lowest BCUT2D eigenvalue weighted by Gasteiger charge is -2.36. The van der Waals surface area contributed by atoms with E-state index in [1.807, 2.05) is 35.7 Å². The first-order chi connectivity index (χ1) is 16.0. The van der Waals surface area contributed by atoms with Gasteiger partial charge >= 0.3 is 0 Å². The molecule has 2 aromatic carbocycles. The Kier molecular flexibility index (Phi) is 5.65. The van der Waals surface area contributed by atoms with Gasteiger partial charge in [0, 0.05) is 54.3 Å². The summed E-state index contributed by atoms with van der Waals surface area (Å²) in [4.78, 5) is 37.9. The third-order valence-corrected chi connectivity index (χ3v) is 6.65. The van der Waals surface area contributed by atoms with E-state index < -0.39 is 4.92 Å². The number of nitro groups is 1. The summed E-state index contributed by atoms with van der Waals surface area (Å²) in [5.41, 5.74) is 0.998. The van der Waals surface area contributed by atoms with Gasteiger partial charge < -0.3 is 9.80 Å². The van der Waals surface area contributed by atoms with Crippen LogP contribution in [0.1, 0.15) is 10.4 Å². The Bertz CT molecular complexity index is 1350. The van der Waals surface area contributed by atoms with Crippen LogP contribution in [0, 0.1) is 10.1 Å². The summed E-state index contributed by atoms with van der Waals surface area (Å²) < 4.78 is 0. The van der Waals surface area contributed by atoms with Gasteiger partial charge in [-0.25, -0.2) is 9.97 Å². The van der Waals surface area contributed by atoms with Gasteiger partial charge in [0.15, 0.2) is 5.82 Å². The maximum absolute atomic E-state index is 12.9. The average Bonchev–Trinajstić information content (AvgIpc) is 3.38. The number of rotatable bonds is 4. The first-order valence-corrected chi connectivity index (χ1v) is 11.6. The number of thiophene rings is 1. The second-order valence-electron chi connectivity index (χ2n) is 7.60. The molecule has 33 heavy (non-hydrogen) atoms. The van der Waals surface area contributed by atoms with Crippen LogP contribution in [0.5, 0.6) is 0 Å². The van der Waals surface area contributed by atoms with Crippen LogP contribution >= 0.6 is 22.9 Å². The predicted octanol–water partition coefficient (Wildman–Crippen LogP) is 4.88. The molecule has 2 aromatic heterocycles. The molecular weight excluding hydrogens is 462 g/mol. The van der Waals surface area contributed by atoms with Crippen molar-refractivity contribution in [3.63, 3.8) is 0 Å². The predicted molar refractivity (Wildman–Crippen MR) is 129 cm³/mol. The molecule has 0 aliphatic carbocycles. The van der Waals surface area contributed by atoms with Crippen molar-refractivity contribution in [1.29, 1.82) is 0 Å². The van der Waals surface area contributed by atoms with Gasteiger partial charge in [-0.15, -0.1) is 11.3 Å². The summed E-state index contributed by atoms with van der Waals surface area (Å²) in [6.07, 6.45) is 0. The summed E-state index contributed by atoms with van der Waals surface area (Å²) in [6, 6.07) is 15.4. The highest BCUT2D eigenvalue weighted by Crippen LogP contribution is 2.31. The fourth-order valence-electron chi connectivity index (χ4n) is 3.90. The van der Waals surface area contributed by atoms with Crippen LogP contribution in [0.4, 0.5) is 11.5 Å². The Balaban J connectivity index is 1.41. The number of amides is 1. The number of carbonyl (C=O) groups is 1. The number of aromatic nitrogens is 2. The number of piperazine rings is 1. The SMILES string of the molecule is O=C(c1cccc([N+](=O)[O-])c1)N1CCN(c2nc(-c3cccs3)nc3cc(Cl)ccc23)CC1. The minimum Gasteiger partial charge on any atom is -0.352 e. The van der Waals surface area contributed by atoms with Crippen LogP contribution in [-0.4, -0.2) is 51.9 Å². The molecule has 4 aromatic rings. The van der Waals surface area contributed by atoms with Crippen molar-refractivity contribution in [1.82, 2.24) is 14.9 Å². The van der Waals surface area contributed by atoms with E-state index in [0.29, 0.717) is 42.6 Å². The zero-order valence-corrected chi connectivity index (χ0v) is 18.9. The Morgan fingerprint density at radius 3 is 2.58 bits per heavy atom. The van der Waals surface area contributed by atoms with Crippen molar-refractivity contribution in [2.45, 2.75) is 0 Å². The molecule has 3 heterocycles. The topological polar surface area (TPSA) is 92.5 Å². The van der Waals surface area contributed by atoms with Gasteiger partial charge in [-0.05, 0) is 35.7 Å². The summed E-state index contributed by atoms with van der Waals surface area (Å²) in [5.74, 6) is 1.24. The van der Waals surface area contributed by atoms with Crippen LogP contribution in [-0.2, 0) is 0 Å². The molecule has 1 amide bonds. The average molecular weight is 480 g/mol. The number of carbonyl (C=O) groups excluding carboxylic acids is 1. The summed E-state index contributed by atoms with van der Waals surface area (Å²) in [5, 5.41) is 14.5. The standard InChI is InChI=1S/C23H18ClN5O3S/c24-16-6-7-18-19(14-16)25-21(20-5-2-12-33-20)26-22(18)27-8-10-28(11-9-27)23(30)15-3-1-4-17(13-15)29(31)32/h1-7,12-14H,8-11H2. The van der Waals surface area contributed by atoms with Crippen molar-refractivity contribution < 1.29 is 9.72 Å². The Labute approximate surface area is 198 Å². The van der Waals surface area contributed by atoms with Crippen LogP contribution in [0.15, 0.2) is 60.0 Å². The zero-order valence-electron chi connectivity index (χ0n) is 17.3. The number of halogens is 1. The molecular formula is C23H18ClN5O3S. The van der Waals surface area contributed by atoms with Crippen LogP contribution in [0.3, 0.4) is 0 Å². The lowest BCUT2D eigenvalue weighted by atomic mass is 10.1. The van der Waals surface area contributed by atoms with Crippen LogP contribution in [0.2, 0.25) is 5.02 Å². The van der Waals surface area contributed by atoms with Gasteiger partial charge in [-0.2, -0.15) is 0 Å². The molecule has 10 heteroatoms. The lowest BCUT2D eigenvalue weighted by Crippen LogP contribution is -2.49. The summed E-state index contributed by atoms with van der Waals surface area (Å²) >= 11 is 7.79. The van der Waals surface area contributed by atoms with E-state index in [4.69, 9.17) is 21.6 Å². The summed E-state index contributed by atoms with van der Waals surface area (Å²) in [7, 11) is 0. The summed E-state index contributed by atoms with van der Waals surface area (Å²) in [6.45, 7) is 2.13. The highest BCUT2D eigenvalue weighted by Gasteiger charge is 2.25. The molecule has 0 radical (unpaired) electrons. The Hall–Kier alpha value is -3.56. The molecule has 0 atom stereocenters. The third kappa shape index (κ3) is 4.24. The minimum atomic E-state index is -0.494. The molecule has 1 saturated heterocycles. The number of nitrogens with zero attached hydrogens (tertiary/aromatic N) is 5. The normalized spacial score (nSPS) is 14.0. The fourth-order valence-corrected chi connectivity index (χ4v) is 4.72. The second kappa shape index (κ2) is 8.76. The van der Waals surface area contributed by atoms with Crippen molar-refractivity contribution in [2.75, 3.05) is 31.1 Å². The number of fused-ring (bicyclic) bond motifs is 1. The monoisotopic (exact) mass is 479 g/mol. The number of hydrogen-bond donors (Lipinski definition) is 0. The van der Waals surface area contributed by atoms with E-state index in [-0.39, 0.29) is 11.6 Å². The molecule has 0 spiro atoms. The zero-order chi connectivity index (χ0) is 22.9. The molecule has 0 unspecified atom stereocenters. The Morgan fingerprint density at radius 1 is 1.03 bits per heavy atom. The highest BCUT2D eigenvalue weighted by molar-refractivity contribution is 7.13. The number of benzene rings is 2. The molecule has 1 aliphatic heterocycles. The van der Waals surface area contributed by atoms with Crippen molar-refractivity contribution in [2.24, 2.45) is 0 Å². The van der Waals surface area contributed by atoms with Crippen molar-refractivity contribution in [3.05, 3.63) is 80.7 Å². The molecule has 8 nitrogen and oxygen atoms in total. The van der Waals surface area contributed by atoms with Crippen molar-refractivity contribution in [3.8, 4) is 10.7 Å². The minimum absolute atomic E-state index is 0.0910. The van der Waals surface area contributed by atoms with E-state index in [0.717, 1.165) is 21.6 Å². The maximum Gasteiger partial charge on any atom is 0.270 e. The van der Waals surface area contributed by atoms with Crippen LogP contribution < -0.4 is 4.90 Å². The lowest BCUT2D eigenvalue weighted by molar-refractivity contribution is -0.384. The largest absolute Gasteiger partial charge is 0.352 e. The second-order valence-corrected chi connectivity index (χ2v) is 8.98. The molecule has 0 N–H and O–H groups in total. The third-order valence-electron chi connectivity index (χ3n) is 5.55. The van der Waals surface area contributed by atoms with Gasteiger partial charge in [0.1, 0.15) is 5.82 Å². The van der Waals surface area contributed by atoms with Gasteiger partial charge in [-0.3, -0.25) is 14.9 Å². The smallest absolute Gasteiger partial charge is 0.270 e. The van der Waals surface area contributed by atoms with E-state index in [1.165, 1.54) is 18.2 Å². The van der Waals surface area contributed by atoms with E-state index >= 15 is 0 Å². The van der Waals surface area contributed by atoms with Gasteiger partial charge in [0.05, 0.1) is 15.3 Å². The number of non-ortho nitro benzene ring substituents is 1. The van der Waals surface area contributed by atoms with Gasteiger partial charge in [0.25, 0.3) is 11.6 Å². The van der Waals surface area contributed by atoms with E-state index in [2.05, 4.69) is 4.90 Å². The van der Waals surface area contributed by atoms with E-state index in [9.17, 15) is 14.9 Å². The highest BCUT2D eigenvalue weighted by atomic mass is 35.5. The quantitative estimate of drug-likeness (QED) is 0.306. The molecule has 0 saturated carbocycles. The molecule has 5 rings (SSSR count). The van der Waals surface area contributed by atoms with Gasteiger partial charge in [-0.1, -0.05) is 23.7 Å². The van der Waals surface area contributed by atoms with Crippen LogP contribution in [0.25, 0.3) is 21.6 Å². The number of anilines is 1. The molecule has 0 bridgehead atoms. The number of nitro benzene ring substituents is 1. The molecule has 166 valence electrons.